The fourth-order valence-electron chi connectivity index (χ4n) is 1.66. The van der Waals surface area contributed by atoms with Crippen LogP contribution >= 0.6 is 12.6 Å². The topological polar surface area (TPSA) is 50.7 Å². The van der Waals surface area contributed by atoms with Gasteiger partial charge in [-0.1, -0.05) is 20.8 Å². The summed E-state index contributed by atoms with van der Waals surface area (Å²) in [6, 6.07) is 7.67. The molecule has 1 aromatic carbocycles. The van der Waals surface area contributed by atoms with Crippen molar-refractivity contribution >= 4 is 24.2 Å². The van der Waals surface area contributed by atoms with E-state index in [1.165, 1.54) is 0 Å². The fraction of sp³-hybridized carbons (Fsp3) is 0.500. The van der Waals surface area contributed by atoms with Crippen LogP contribution in [-0.4, -0.2) is 23.0 Å². The molecule has 0 aliphatic rings. The molecule has 21 heavy (non-hydrogen) atoms. The normalized spacial score (nSPS) is 12.1. The van der Waals surface area contributed by atoms with Crippen molar-refractivity contribution in [3.63, 3.8) is 0 Å². The van der Waals surface area contributed by atoms with E-state index in [9.17, 15) is 4.79 Å². The second kappa shape index (κ2) is 8.08. The summed E-state index contributed by atoms with van der Waals surface area (Å²) in [6.07, 6.45) is 1.30. The number of carbonyl (C=O) groups is 1. The van der Waals surface area contributed by atoms with E-state index in [2.05, 4.69) is 30.1 Å². The highest BCUT2D eigenvalue weighted by atomic mass is 32.1. The second-order valence-corrected chi connectivity index (χ2v) is 6.80. The highest BCUT2D eigenvalue weighted by Crippen LogP contribution is 2.16. The van der Waals surface area contributed by atoms with E-state index in [4.69, 9.17) is 4.74 Å². The Kier molecular flexibility index (Phi) is 6.75. The molecular formula is C16H24N2O2S. The summed E-state index contributed by atoms with van der Waals surface area (Å²) in [5.74, 6) is 0.700. The third-order valence-electron chi connectivity index (χ3n) is 2.69. The van der Waals surface area contributed by atoms with Gasteiger partial charge in [-0.05, 0) is 43.2 Å². The maximum Gasteiger partial charge on any atom is 0.241 e. The summed E-state index contributed by atoms with van der Waals surface area (Å²) in [4.78, 5) is 11.7. The second-order valence-electron chi connectivity index (χ2n) is 5.59. The van der Waals surface area contributed by atoms with Crippen LogP contribution in [0.5, 0.6) is 5.75 Å². The predicted molar refractivity (Wildman–Crippen MR) is 90.3 cm³/mol. The Labute approximate surface area is 132 Å². The van der Waals surface area contributed by atoms with Crippen molar-refractivity contribution in [3.8, 4) is 5.75 Å². The summed E-state index contributed by atoms with van der Waals surface area (Å²) >= 11 is 4.32. The zero-order valence-corrected chi connectivity index (χ0v) is 14.0. The van der Waals surface area contributed by atoms with Crippen molar-refractivity contribution in [1.82, 2.24) is 5.43 Å². The molecule has 0 fully saturated rings. The minimum Gasteiger partial charge on any atom is -0.494 e. The molecule has 0 aromatic heterocycles. The average Bonchev–Trinajstić information content (AvgIpc) is 2.41. The summed E-state index contributed by atoms with van der Waals surface area (Å²) < 4.78 is 5.18. The number of nitrogens with one attached hydrogen (secondary N) is 1. The van der Waals surface area contributed by atoms with Gasteiger partial charge >= 0.3 is 0 Å². The number of carbonyl (C=O) groups excluding carboxylic acids is 1. The first-order valence-corrected chi connectivity index (χ1v) is 7.55. The molecule has 0 aliphatic carbocycles. The lowest BCUT2D eigenvalue weighted by molar-refractivity contribution is -0.121. The lowest BCUT2D eigenvalue weighted by Crippen LogP contribution is -2.26. The van der Waals surface area contributed by atoms with E-state index < -0.39 is 0 Å². The molecule has 5 heteroatoms. The molecule has 0 atom stereocenters. The summed E-state index contributed by atoms with van der Waals surface area (Å²) in [5.41, 5.74) is 4.26. The van der Waals surface area contributed by atoms with Gasteiger partial charge in [-0.15, -0.1) is 0 Å². The minimum atomic E-state index is -0.341. The van der Waals surface area contributed by atoms with Gasteiger partial charge in [0.05, 0.1) is 12.3 Å². The molecule has 0 heterocycles. The molecule has 0 saturated heterocycles. The molecule has 0 spiro atoms. The molecule has 1 N–H and O–H groups in total. The van der Waals surface area contributed by atoms with Crippen LogP contribution in [0.2, 0.25) is 0 Å². The number of thiol groups is 1. The Balaban J connectivity index is 2.59. The maximum absolute atomic E-state index is 11.7. The quantitative estimate of drug-likeness (QED) is 0.461. The van der Waals surface area contributed by atoms with E-state index in [0.29, 0.717) is 13.0 Å². The van der Waals surface area contributed by atoms with E-state index in [0.717, 1.165) is 23.4 Å². The number of hydrogen-bond donors (Lipinski definition) is 2. The van der Waals surface area contributed by atoms with Gasteiger partial charge in [-0.25, -0.2) is 5.43 Å². The minimum absolute atomic E-state index is 0.141. The van der Waals surface area contributed by atoms with Crippen molar-refractivity contribution in [2.45, 2.75) is 45.3 Å². The van der Waals surface area contributed by atoms with Gasteiger partial charge in [0.15, 0.2) is 0 Å². The highest BCUT2D eigenvalue weighted by molar-refractivity contribution is 7.81. The molecule has 1 amide bonds. The van der Waals surface area contributed by atoms with Gasteiger partial charge in [0.1, 0.15) is 5.75 Å². The summed E-state index contributed by atoms with van der Waals surface area (Å²) in [6.45, 7) is 8.42. The number of ether oxygens (including phenoxy) is 1. The van der Waals surface area contributed by atoms with Gasteiger partial charge in [0.2, 0.25) is 5.91 Å². The Bertz CT molecular complexity index is 490. The summed E-state index contributed by atoms with van der Waals surface area (Å²) in [7, 11) is 0. The molecular weight excluding hydrogens is 284 g/mol. The Morgan fingerprint density at radius 3 is 2.48 bits per heavy atom. The number of benzene rings is 1. The molecule has 0 saturated carbocycles. The molecule has 0 bridgehead atoms. The standard InChI is InChI=1S/C16H24N2O2S/c1-5-10-20-14-8-6-13(7-9-14)12(2)17-18-15(19)11-16(3,4)21/h6-9,21H,5,10-11H2,1-4H3,(H,18,19). The first kappa shape index (κ1) is 17.6. The smallest absolute Gasteiger partial charge is 0.241 e. The fourth-order valence-corrected chi connectivity index (χ4v) is 1.80. The Morgan fingerprint density at radius 2 is 1.95 bits per heavy atom. The summed E-state index contributed by atoms with van der Waals surface area (Å²) in [5, 5.41) is 4.11. The van der Waals surface area contributed by atoms with Crippen molar-refractivity contribution < 1.29 is 9.53 Å². The third-order valence-corrected chi connectivity index (χ3v) is 2.84. The number of rotatable bonds is 7. The third kappa shape index (κ3) is 7.18. The van der Waals surface area contributed by atoms with E-state index in [-0.39, 0.29) is 10.7 Å². The van der Waals surface area contributed by atoms with Crippen LogP contribution in [0.1, 0.15) is 46.1 Å². The van der Waals surface area contributed by atoms with Crippen LogP contribution in [0, 0.1) is 0 Å². The van der Waals surface area contributed by atoms with Gasteiger partial charge in [0, 0.05) is 11.2 Å². The van der Waals surface area contributed by atoms with Gasteiger partial charge < -0.3 is 4.74 Å². The Hall–Kier alpha value is -1.49. The predicted octanol–water partition coefficient (Wildman–Crippen LogP) is 3.41. The number of amides is 1. The monoisotopic (exact) mass is 308 g/mol. The SMILES string of the molecule is CCCOc1ccc(C(C)=NNC(=O)CC(C)(C)S)cc1. The zero-order valence-electron chi connectivity index (χ0n) is 13.1. The van der Waals surface area contributed by atoms with Crippen LogP contribution in [0.15, 0.2) is 29.4 Å². The highest BCUT2D eigenvalue weighted by Gasteiger charge is 2.16. The van der Waals surface area contributed by atoms with E-state index in [1.54, 1.807) is 0 Å². The van der Waals surface area contributed by atoms with Gasteiger partial charge in [-0.2, -0.15) is 17.7 Å². The molecule has 0 aliphatic heterocycles. The van der Waals surface area contributed by atoms with Gasteiger partial charge in [-0.3, -0.25) is 4.79 Å². The molecule has 1 rings (SSSR count). The Morgan fingerprint density at radius 1 is 1.33 bits per heavy atom. The number of hydrogen-bond acceptors (Lipinski definition) is 4. The van der Waals surface area contributed by atoms with E-state index >= 15 is 0 Å². The molecule has 1 aromatic rings. The van der Waals surface area contributed by atoms with Crippen molar-refractivity contribution in [1.29, 1.82) is 0 Å². The average molecular weight is 308 g/mol. The van der Waals surface area contributed by atoms with Crippen LogP contribution in [0.25, 0.3) is 0 Å². The molecule has 4 nitrogen and oxygen atoms in total. The molecule has 0 radical (unpaired) electrons. The zero-order chi connectivity index (χ0) is 15.9. The van der Waals surface area contributed by atoms with Crippen molar-refractivity contribution in [2.24, 2.45) is 5.10 Å². The number of hydrazone groups is 1. The van der Waals surface area contributed by atoms with Crippen molar-refractivity contribution in [2.75, 3.05) is 6.61 Å². The lowest BCUT2D eigenvalue weighted by Gasteiger charge is -2.15. The maximum atomic E-state index is 11.7. The lowest BCUT2D eigenvalue weighted by atomic mass is 10.1. The van der Waals surface area contributed by atoms with E-state index in [1.807, 2.05) is 45.0 Å². The number of nitrogens with zero attached hydrogens (tertiary/aromatic N) is 1. The first-order valence-electron chi connectivity index (χ1n) is 7.10. The molecule has 116 valence electrons. The van der Waals surface area contributed by atoms with Gasteiger partial charge in [0.25, 0.3) is 0 Å². The van der Waals surface area contributed by atoms with Crippen molar-refractivity contribution in [3.05, 3.63) is 29.8 Å². The van der Waals surface area contributed by atoms with Crippen LogP contribution < -0.4 is 10.2 Å². The largest absolute Gasteiger partial charge is 0.494 e. The molecule has 0 unspecified atom stereocenters. The van der Waals surface area contributed by atoms with Crippen LogP contribution in [0.4, 0.5) is 0 Å². The van der Waals surface area contributed by atoms with Crippen LogP contribution in [0.3, 0.4) is 0 Å². The first-order chi connectivity index (χ1) is 9.81. The van der Waals surface area contributed by atoms with Crippen LogP contribution in [-0.2, 0) is 4.79 Å².